The van der Waals surface area contributed by atoms with E-state index in [9.17, 15) is 4.79 Å². The third-order valence-electron chi connectivity index (χ3n) is 4.49. The van der Waals surface area contributed by atoms with Crippen LogP contribution in [0.1, 0.15) is 21.5 Å². The molecule has 0 bridgehead atoms. The number of nitrogens with zero attached hydrogens (tertiary/aromatic N) is 3. The molecule has 6 heteroatoms. The van der Waals surface area contributed by atoms with Gasteiger partial charge >= 0.3 is 0 Å². The van der Waals surface area contributed by atoms with Gasteiger partial charge in [0.05, 0.1) is 24.1 Å². The standard InChI is InChI=1S/C19H18N4OS/c1-12-7-8-13(9-17(12)25)19(24)23-11-14-10-20-22(2)18(14)21-15-5-3-4-6-16(15)23/h3-10,21,25H,11H2,1-2H3. The average molecular weight is 350 g/mol. The lowest BCUT2D eigenvalue weighted by Gasteiger charge is -2.23. The summed E-state index contributed by atoms with van der Waals surface area (Å²) in [5.41, 5.74) is 4.39. The molecule has 0 atom stereocenters. The monoisotopic (exact) mass is 350 g/mol. The summed E-state index contributed by atoms with van der Waals surface area (Å²) >= 11 is 4.45. The largest absolute Gasteiger partial charge is 0.338 e. The Morgan fingerprint density at radius 3 is 2.84 bits per heavy atom. The third kappa shape index (κ3) is 2.68. The summed E-state index contributed by atoms with van der Waals surface area (Å²) in [5, 5.41) is 7.71. The summed E-state index contributed by atoms with van der Waals surface area (Å²) in [6.45, 7) is 2.44. The van der Waals surface area contributed by atoms with E-state index >= 15 is 0 Å². The van der Waals surface area contributed by atoms with Gasteiger partial charge in [-0.1, -0.05) is 18.2 Å². The number of amides is 1. The van der Waals surface area contributed by atoms with Crippen molar-refractivity contribution >= 4 is 35.7 Å². The molecule has 1 N–H and O–H groups in total. The van der Waals surface area contributed by atoms with Gasteiger partial charge in [-0.15, -0.1) is 12.6 Å². The predicted molar refractivity (Wildman–Crippen MR) is 102 cm³/mol. The highest BCUT2D eigenvalue weighted by Gasteiger charge is 2.26. The van der Waals surface area contributed by atoms with Gasteiger partial charge in [0.25, 0.3) is 5.91 Å². The molecular weight excluding hydrogens is 332 g/mol. The summed E-state index contributed by atoms with van der Waals surface area (Å²) in [4.78, 5) is 15.8. The van der Waals surface area contributed by atoms with Crippen molar-refractivity contribution in [3.63, 3.8) is 0 Å². The van der Waals surface area contributed by atoms with Gasteiger partial charge in [-0.25, -0.2) is 0 Å². The molecule has 1 aliphatic heterocycles. The Labute approximate surface area is 151 Å². The van der Waals surface area contributed by atoms with Crippen LogP contribution in [-0.4, -0.2) is 15.7 Å². The second kappa shape index (κ2) is 5.97. The molecule has 126 valence electrons. The van der Waals surface area contributed by atoms with Crippen LogP contribution in [0.4, 0.5) is 17.2 Å². The van der Waals surface area contributed by atoms with E-state index in [1.807, 2.05) is 56.4 Å². The first-order valence-electron chi connectivity index (χ1n) is 8.03. The van der Waals surface area contributed by atoms with Gasteiger partial charge < -0.3 is 10.2 Å². The Hall–Kier alpha value is -2.73. The zero-order valence-corrected chi connectivity index (χ0v) is 14.9. The highest BCUT2D eigenvalue weighted by atomic mass is 32.1. The Morgan fingerprint density at radius 2 is 2.04 bits per heavy atom. The fourth-order valence-corrected chi connectivity index (χ4v) is 3.25. The molecule has 1 amide bonds. The lowest BCUT2D eigenvalue weighted by Crippen LogP contribution is -2.30. The Balaban J connectivity index is 1.82. The van der Waals surface area contributed by atoms with Crippen LogP contribution in [0.25, 0.3) is 0 Å². The Morgan fingerprint density at radius 1 is 1.24 bits per heavy atom. The molecule has 5 nitrogen and oxygen atoms in total. The van der Waals surface area contributed by atoms with Crippen LogP contribution in [0.5, 0.6) is 0 Å². The van der Waals surface area contributed by atoms with Crippen LogP contribution in [0.15, 0.2) is 53.6 Å². The van der Waals surface area contributed by atoms with Crippen LogP contribution < -0.4 is 10.2 Å². The first-order valence-corrected chi connectivity index (χ1v) is 8.48. The minimum Gasteiger partial charge on any atom is -0.338 e. The van der Waals surface area contributed by atoms with Gasteiger partial charge in [0, 0.05) is 23.1 Å². The smallest absolute Gasteiger partial charge is 0.258 e. The normalized spacial score (nSPS) is 12.8. The molecule has 0 saturated heterocycles. The van der Waals surface area contributed by atoms with Gasteiger partial charge in [0.1, 0.15) is 5.82 Å². The summed E-state index contributed by atoms with van der Waals surface area (Å²) in [6.07, 6.45) is 1.80. The molecule has 0 radical (unpaired) electrons. The minimum atomic E-state index is -0.0544. The molecule has 0 unspecified atom stereocenters. The summed E-state index contributed by atoms with van der Waals surface area (Å²) in [7, 11) is 1.89. The minimum absolute atomic E-state index is 0.0544. The van der Waals surface area contributed by atoms with Crippen LogP contribution >= 0.6 is 12.6 Å². The third-order valence-corrected chi connectivity index (χ3v) is 4.97. The van der Waals surface area contributed by atoms with Crippen molar-refractivity contribution in [2.75, 3.05) is 10.2 Å². The summed E-state index contributed by atoms with van der Waals surface area (Å²) in [6, 6.07) is 13.4. The molecule has 1 aromatic heterocycles. The second-order valence-electron chi connectivity index (χ2n) is 6.18. The molecule has 25 heavy (non-hydrogen) atoms. The number of carbonyl (C=O) groups excluding carboxylic acids is 1. The molecular formula is C19H18N4OS. The predicted octanol–water partition coefficient (Wildman–Crippen LogP) is 3.92. The van der Waals surface area contributed by atoms with E-state index in [0.29, 0.717) is 12.1 Å². The Bertz CT molecular complexity index is 979. The number of aryl methyl sites for hydroxylation is 2. The number of benzene rings is 2. The number of para-hydroxylation sites is 2. The summed E-state index contributed by atoms with van der Waals surface area (Å²) in [5.74, 6) is 0.850. The van der Waals surface area contributed by atoms with Gasteiger partial charge in [-0.2, -0.15) is 5.10 Å². The van der Waals surface area contributed by atoms with E-state index in [-0.39, 0.29) is 5.91 Å². The number of carbonyl (C=O) groups is 1. The number of thiol groups is 1. The number of anilines is 3. The fourth-order valence-electron chi connectivity index (χ4n) is 3.04. The molecule has 0 spiro atoms. The Kier molecular flexibility index (Phi) is 3.77. The van der Waals surface area contributed by atoms with E-state index in [4.69, 9.17) is 0 Å². The number of hydrogen-bond acceptors (Lipinski definition) is 4. The van der Waals surface area contributed by atoms with Gasteiger partial charge in [0.2, 0.25) is 0 Å². The number of nitrogens with one attached hydrogen (secondary N) is 1. The van der Waals surface area contributed by atoms with E-state index < -0.39 is 0 Å². The maximum atomic E-state index is 13.2. The van der Waals surface area contributed by atoms with Crippen molar-refractivity contribution in [1.29, 1.82) is 0 Å². The van der Waals surface area contributed by atoms with Crippen molar-refractivity contribution in [2.45, 2.75) is 18.4 Å². The van der Waals surface area contributed by atoms with Crippen LogP contribution in [0, 0.1) is 6.92 Å². The van der Waals surface area contributed by atoms with Crippen LogP contribution in [0.3, 0.4) is 0 Å². The van der Waals surface area contributed by atoms with Gasteiger partial charge in [-0.3, -0.25) is 9.48 Å². The van der Waals surface area contributed by atoms with E-state index in [0.717, 1.165) is 33.2 Å². The van der Waals surface area contributed by atoms with Crippen LogP contribution in [-0.2, 0) is 13.6 Å². The molecule has 1 aliphatic rings. The van der Waals surface area contributed by atoms with E-state index in [1.54, 1.807) is 15.8 Å². The molecule has 0 aliphatic carbocycles. The topological polar surface area (TPSA) is 50.2 Å². The van der Waals surface area contributed by atoms with Gasteiger partial charge in [-0.05, 0) is 36.8 Å². The van der Waals surface area contributed by atoms with Crippen molar-refractivity contribution in [3.8, 4) is 0 Å². The number of fused-ring (bicyclic) bond motifs is 2. The lowest BCUT2D eigenvalue weighted by molar-refractivity contribution is 0.0985. The number of aromatic nitrogens is 2. The maximum absolute atomic E-state index is 13.2. The summed E-state index contributed by atoms with van der Waals surface area (Å²) < 4.78 is 1.79. The molecule has 2 aromatic carbocycles. The average Bonchev–Trinajstić information content (AvgIpc) is 2.86. The van der Waals surface area contributed by atoms with Crippen LogP contribution in [0.2, 0.25) is 0 Å². The molecule has 0 fully saturated rings. The second-order valence-corrected chi connectivity index (χ2v) is 6.66. The van der Waals surface area contributed by atoms with Crippen molar-refractivity contribution in [3.05, 3.63) is 65.4 Å². The first-order chi connectivity index (χ1) is 12.0. The van der Waals surface area contributed by atoms with E-state index in [1.165, 1.54) is 0 Å². The fraction of sp³-hybridized carbons (Fsp3) is 0.158. The first kappa shape index (κ1) is 15.8. The number of rotatable bonds is 1. The lowest BCUT2D eigenvalue weighted by atomic mass is 10.1. The highest BCUT2D eigenvalue weighted by Crippen LogP contribution is 2.36. The quantitative estimate of drug-likeness (QED) is 0.654. The maximum Gasteiger partial charge on any atom is 0.258 e. The van der Waals surface area contributed by atoms with Crippen molar-refractivity contribution in [1.82, 2.24) is 9.78 Å². The zero-order valence-electron chi connectivity index (χ0n) is 14.0. The molecule has 2 heterocycles. The highest BCUT2D eigenvalue weighted by molar-refractivity contribution is 7.80. The van der Waals surface area contributed by atoms with Gasteiger partial charge in [0.15, 0.2) is 0 Å². The molecule has 4 rings (SSSR count). The van der Waals surface area contributed by atoms with Crippen molar-refractivity contribution < 1.29 is 4.79 Å². The zero-order chi connectivity index (χ0) is 17.6. The van der Waals surface area contributed by atoms with Crippen molar-refractivity contribution in [2.24, 2.45) is 7.05 Å². The SMILES string of the molecule is Cc1ccc(C(=O)N2Cc3cnn(C)c3Nc3ccccc32)cc1S. The number of hydrogen-bond donors (Lipinski definition) is 2. The molecule has 0 saturated carbocycles. The molecule has 3 aromatic rings. The van der Waals surface area contributed by atoms with E-state index in [2.05, 4.69) is 23.0 Å².